The first-order valence-electron chi connectivity index (χ1n) is 13.9. The number of ether oxygens (including phenoxy) is 3. The van der Waals surface area contributed by atoms with Crippen molar-refractivity contribution in [3.63, 3.8) is 0 Å². The molecule has 1 atom stereocenters. The maximum absolute atomic E-state index is 14.0. The molecule has 1 aliphatic heterocycles. The van der Waals surface area contributed by atoms with Crippen molar-refractivity contribution in [2.45, 2.75) is 54.0 Å². The van der Waals surface area contributed by atoms with E-state index in [4.69, 9.17) is 14.2 Å². The van der Waals surface area contributed by atoms with Crippen LogP contribution in [0.25, 0.3) is 0 Å². The Kier molecular flexibility index (Phi) is 10.0. The normalized spacial score (nSPS) is 14.9. The van der Waals surface area contributed by atoms with E-state index in [2.05, 4.69) is 30.4 Å². The number of carbonyl (C=O) groups is 3. The second-order valence-corrected chi connectivity index (χ2v) is 12.5. The monoisotopic (exact) mass is 625 g/mol. The highest BCUT2D eigenvalue weighted by Gasteiger charge is 2.47. The van der Waals surface area contributed by atoms with Crippen molar-refractivity contribution in [1.29, 1.82) is 0 Å². The Bertz CT molecular complexity index is 1590. The highest BCUT2D eigenvalue weighted by atomic mass is 32.1. The quantitative estimate of drug-likeness (QED) is 0.129. The fourth-order valence-electron chi connectivity index (χ4n) is 4.58. The number of hydrogen-bond donors (Lipinski definition) is 1. The molecule has 0 fully saturated rings. The largest absolute Gasteiger partial charge is 0.503 e. The highest BCUT2D eigenvalue weighted by molar-refractivity contribution is 7.17. The van der Waals surface area contributed by atoms with Gasteiger partial charge >= 0.3 is 5.97 Å². The van der Waals surface area contributed by atoms with Gasteiger partial charge in [0.1, 0.15) is 11.5 Å². The second-order valence-electron chi connectivity index (χ2n) is 10.3. The summed E-state index contributed by atoms with van der Waals surface area (Å²) in [6, 6.07) is 4.09. The number of rotatable bonds is 13. The number of aliphatic hydroxyl groups is 1. The Morgan fingerprint density at radius 1 is 1.09 bits per heavy atom. The van der Waals surface area contributed by atoms with Crippen LogP contribution in [0.5, 0.6) is 11.5 Å². The molecule has 1 aromatic carbocycles. The van der Waals surface area contributed by atoms with Crippen LogP contribution in [0.3, 0.4) is 0 Å². The van der Waals surface area contributed by atoms with E-state index < -0.39 is 29.5 Å². The van der Waals surface area contributed by atoms with Crippen molar-refractivity contribution in [2.75, 3.05) is 24.7 Å². The molecular weight excluding hydrogens is 590 g/mol. The molecule has 12 heteroatoms. The average molecular weight is 626 g/mol. The fraction of sp³-hybridized carbons (Fsp3) is 0.387. The summed E-state index contributed by atoms with van der Waals surface area (Å²) >= 11 is 2.13. The second kappa shape index (κ2) is 13.5. The molecule has 43 heavy (non-hydrogen) atoms. The van der Waals surface area contributed by atoms with Gasteiger partial charge in [-0.2, -0.15) is 0 Å². The summed E-state index contributed by atoms with van der Waals surface area (Å²) in [7, 11) is 0. The lowest BCUT2D eigenvalue weighted by atomic mass is 9.95. The van der Waals surface area contributed by atoms with Crippen molar-refractivity contribution in [3.8, 4) is 11.5 Å². The third-order valence-electron chi connectivity index (χ3n) is 6.61. The Morgan fingerprint density at radius 3 is 2.44 bits per heavy atom. The van der Waals surface area contributed by atoms with E-state index in [-0.39, 0.29) is 22.2 Å². The molecule has 1 amide bonds. The molecule has 3 aromatic rings. The number of aromatic nitrogens is 2. The van der Waals surface area contributed by atoms with E-state index in [1.807, 2.05) is 6.92 Å². The maximum atomic E-state index is 14.0. The third-order valence-corrected chi connectivity index (χ3v) is 8.82. The van der Waals surface area contributed by atoms with Crippen LogP contribution < -0.4 is 14.4 Å². The molecule has 2 aromatic heterocycles. The van der Waals surface area contributed by atoms with E-state index in [9.17, 15) is 19.5 Å². The van der Waals surface area contributed by atoms with Crippen molar-refractivity contribution in [1.82, 2.24) is 9.97 Å². The number of amides is 1. The molecular formula is C31H35N3O7S2. The minimum atomic E-state index is -1.08. The van der Waals surface area contributed by atoms with Crippen molar-refractivity contribution >= 4 is 45.5 Å². The lowest BCUT2D eigenvalue weighted by Crippen LogP contribution is -2.31. The smallest absolute Gasteiger partial charge is 0.350 e. The zero-order valence-corrected chi connectivity index (χ0v) is 26.7. The molecule has 10 nitrogen and oxygen atoms in total. The number of aliphatic hydroxyl groups excluding tert-OH is 1. The summed E-state index contributed by atoms with van der Waals surface area (Å²) in [6.45, 7) is 15.6. The number of anilines is 1. The Hall–Kier alpha value is -4.03. The first-order valence-corrected chi connectivity index (χ1v) is 15.5. The Morgan fingerprint density at radius 2 is 1.81 bits per heavy atom. The topological polar surface area (TPSA) is 128 Å². The Balaban J connectivity index is 1.85. The van der Waals surface area contributed by atoms with Gasteiger partial charge in [-0.05, 0) is 57.7 Å². The molecule has 1 unspecified atom stereocenters. The van der Waals surface area contributed by atoms with Gasteiger partial charge in [-0.15, -0.1) is 11.3 Å². The first-order chi connectivity index (χ1) is 20.5. The lowest BCUT2D eigenvalue weighted by molar-refractivity contribution is -0.117. The summed E-state index contributed by atoms with van der Waals surface area (Å²) < 4.78 is 17.1. The number of Topliss-reactive ketones (excluding diaryl/α,β-unsaturated/α-hetero) is 1. The molecule has 228 valence electrons. The number of ketones is 1. The number of aryl methyl sites for hydroxylation is 3. The number of hydrogen-bond acceptors (Lipinski definition) is 11. The van der Waals surface area contributed by atoms with Crippen molar-refractivity contribution in [2.24, 2.45) is 5.92 Å². The van der Waals surface area contributed by atoms with Crippen LogP contribution in [0.2, 0.25) is 0 Å². The summed E-state index contributed by atoms with van der Waals surface area (Å²) in [5.74, 6) is -1.24. The average Bonchev–Trinajstić information content (AvgIpc) is 3.59. The zero-order chi connectivity index (χ0) is 31.4. The molecule has 4 rings (SSSR count). The first kappa shape index (κ1) is 31.9. The van der Waals surface area contributed by atoms with Crippen LogP contribution >= 0.6 is 22.7 Å². The number of thiazole rings is 2. The minimum absolute atomic E-state index is 0.0111. The summed E-state index contributed by atoms with van der Waals surface area (Å²) in [5.41, 5.74) is 1.22. The summed E-state index contributed by atoms with van der Waals surface area (Å²) in [5, 5.41) is 12.0. The third kappa shape index (κ3) is 6.65. The van der Waals surface area contributed by atoms with E-state index in [1.54, 1.807) is 39.0 Å². The number of benzene rings is 1. The van der Waals surface area contributed by atoms with Gasteiger partial charge in [0, 0.05) is 0 Å². The van der Waals surface area contributed by atoms with Crippen molar-refractivity contribution in [3.05, 3.63) is 73.9 Å². The molecule has 1 aliphatic rings. The molecule has 0 spiro atoms. The number of nitrogens with zero attached hydrogens (tertiary/aromatic N) is 3. The van der Waals surface area contributed by atoms with Crippen LogP contribution in [-0.2, 0) is 9.53 Å². The van der Waals surface area contributed by atoms with E-state index in [0.29, 0.717) is 57.5 Å². The van der Waals surface area contributed by atoms with Crippen molar-refractivity contribution < 1.29 is 33.7 Å². The van der Waals surface area contributed by atoms with Gasteiger partial charge < -0.3 is 19.3 Å². The van der Waals surface area contributed by atoms with E-state index >= 15 is 0 Å². The standard InChI is InChI=1S/C31H35N3O7S2/c1-8-13-41-30(38)28-18(6)33-31(43-28)34-24(20-10-11-21(22(15-20)39-9-2)40-14-12-16(3)4)23(26(36)29(34)37)25(35)27-17(5)32-19(7)42-27/h8,10-11,15-16,24,36H,1,9,12-14H2,2-7H3. The lowest BCUT2D eigenvalue weighted by Gasteiger charge is -2.25. The minimum Gasteiger partial charge on any atom is -0.503 e. The highest BCUT2D eigenvalue weighted by Crippen LogP contribution is 2.46. The van der Waals surface area contributed by atoms with Crippen LogP contribution in [0, 0.1) is 26.7 Å². The van der Waals surface area contributed by atoms with Crippen LogP contribution in [-0.4, -0.2) is 52.6 Å². The predicted molar refractivity (Wildman–Crippen MR) is 166 cm³/mol. The summed E-state index contributed by atoms with van der Waals surface area (Å²) in [4.78, 5) is 51.0. The molecule has 1 N–H and O–H groups in total. The van der Waals surface area contributed by atoms with Crippen LogP contribution in [0.15, 0.2) is 42.2 Å². The maximum Gasteiger partial charge on any atom is 0.350 e. The van der Waals surface area contributed by atoms with Gasteiger partial charge in [0.2, 0.25) is 5.78 Å². The molecule has 0 aliphatic carbocycles. The van der Waals surface area contributed by atoms with Gasteiger partial charge in [0.15, 0.2) is 22.4 Å². The van der Waals surface area contributed by atoms with E-state index in [1.165, 1.54) is 22.3 Å². The van der Waals surface area contributed by atoms with E-state index in [0.717, 1.165) is 17.8 Å². The SMILES string of the molecule is C=CCOC(=O)c1sc(N2C(=O)C(O)=C(C(=O)c3sc(C)nc3C)C2c2ccc(OCCC(C)C)c(OCC)c2)nc1C. The fourth-order valence-corrected chi connectivity index (χ4v) is 6.44. The number of carbonyl (C=O) groups excluding carboxylic acids is 3. The predicted octanol–water partition coefficient (Wildman–Crippen LogP) is 6.47. The van der Waals surface area contributed by atoms with Crippen LogP contribution in [0.1, 0.15) is 74.5 Å². The molecule has 0 bridgehead atoms. The molecule has 0 radical (unpaired) electrons. The molecule has 0 saturated carbocycles. The van der Waals surface area contributed by atoms with Gasteiger partial charge in [-0.1, -0.05) is 43.9 Å². The summed E-state index contributed by atoms with van der Waals surface area (Å²) in [6.07, 6.45) is 2.30. The zero-order valence-electron chi connectivity index (χ0n) is 25.1. The van der Waals surface area contributed by atoms with Gasteiger partial charge in [-0.3, -0.25) is 14.5 Å². The van der Waals surface area contributed by atoms with Gasteiger partial charge in [-0.25, -0.2) is 14.8 Å². The van der Waals surface area contributed by atoms with Gasteiger partial charge in [0.25, 0.3) is 5.91 Å². The molecule has 0 saturated heterocycles. The molecule has 3 heterocycles. The number of esters is 1. The van der Waals surface area contributed by atoms with Gasteiger partial charge in [0.05, 0.1) is 46.1 Å². The van der Waals surface area contributed by atoms with Crippen LogP contribution in [0.4, 0.5) is 5.13 Å². The Labute approximate surface area is 258 Å².